The maximum absolute atomic E-state index is 12.9. The van der Waals surface area contributed by atoms with Crippen molar-refractivity contribution in [2.75, 3.05) is 11.9 Å². The number of nitrogens with zero attached hydrogens (tertiary/aromatic N) is 1. The van der Waals surface area contributed by atoms with Gasteiger partial charge in [0.25, 0.3) is 11.8 Å². The maximum Gasteiger partial charge on any atom is 0.325 e. The average molecular weight is 400 g/mol. The van der Waals surface area contributed by atoms with E-state index in [4.69, 9.17) is 0 Å². The smallest absolute Gasteiger partial charge is 0.325 e. The number of carbonyl (C=O) groups is 4. The summed E-state index contributed by atoms with van der Waals surface area (Å²) in [5.74, 6) is -0.646. The molecule has 1 spiro atoms. The molecular formula is C21H28N4O4. The summed E-state index contributed by atoms with van der Waals surface area (Å²) < 4.78 is 0. The third-order valence-electron chi connectivity index (χ3n) is 5.54. The second kappa shape index (κ2) is 8.23. The van der Waals surface area contributed by atoms with Gasteiger partial charge in [-0.2, -0.15) is 0 Å². The molecule has 1 aromatic carbocycles. The molecule has 1 aliphatic heterocycles. The van der Waals surface area contributed by atoms with E-state index in [2.05, 4.69) is 22.9 Å². The molecule has 29 heavy (non-hydrogen) atoms. The van der Waals surface area contributed by atoms with Crippen molar-refractivity contribution in [3.63, 3.8) is 0 Å². The van der Waals surface area contributed by atoms with Crippen LogP contribution in [0.25, 0.3) is 0 Å². The molecule has 8 nitrogen and oxygen atoms in total. The van der Waals surface area contributed by atoms with Gasteiger partial charge in [-0.25, -0.2) is 4.79 Å². The molecule has 1 aromatic rings. The second-order valence-corrected chi connectivity index (χ2v) is 8.31. The van der Waals surface area contributed by atoms with Gasteiger partial charge in [0, 0.05) is 6.04 Å². The maximum atomic E-state index is 12.9. The first-order chi connectivity index (χ1) is 13.7. The Labute approximate surface area is 170 Å². The monoisotopic (exact) mass is 400 g/mol. The van der Waals surface area contributed by atoms with Crippen molar-refractivity contribution in [3.05, 3.63) is 29.8 Å². The molecule has 0 aromatic heterocycles. The minimum Gasteiger partial charge on any atom is -0.350 e. The van der Waals surface area contributed by atoms with Crippen molar-refractivity contribution in [2.24, 2.45) is 5.92 Å². The first-order valence-electron chi connectivity index (χ1n) is 10.1. The molecule has 5 amide bonds. The fourth-order valence-electron chi connectivity index (χ4n) is 3.88. The van der Waals surface area contributed by atoms with Crippen LogP contribution in [0, 0.1) is 5.92 Å². The zero-order valence-electron chi connectivity index (χ0n) is 17.1. The van der Waals surface area contributed by atoms with Gasteiger partial charge in [0.1, 0.15) is 12.1 Å². The minimum absolute atomic E-state index is 0.0495. The molecule has 0 radical (unpaired) electrons. The molecule has 1 saturated carbocycles. The topological polar surface area (TPSA) is 108 Å². The Bertz CT molecular complexity index is 828. The molecule has 0 bridgehead atoms. The van der Waals surface area contributed by atoms with Crippen LogP contribution in [-0.2, 0) is 9.59 Å². The number of nitrogens with one attached hydrogen (secondary N) is 3. The number of rotatable bonds is 5. The lowest BCUT2D eigenvalue weighted by atomic mass is 9.77. The molecule has 156 valence electrons. The van der Waals surface area contributed by atoms with Crippen molar-refractivity contribution in [1.29, 1.82) is 0 Å². The number of benzene rings is 1. The van der Waals surface area contributed by atoms with E-state index in [0.717, 1.165) is 17.7 Å². The molecule has 2 aliphatic rings. The highest BCUT2D eigenvalue weighted by molar-refractivity contribution is 6.11. The van der Waals surface area contributed by atoms with E-state index < -0.39 is 17.5 Å². The summed E-state index contributed by atoms with van der Waals surface area (Å²) in [6.07, 6.45) is 2.92. The first-order valence-corrected chi connectivity index (χ1v) is 10.1. The number of anilines is 1. The van der Waals surface area contributed by atoms with Gasteiger partial charge in [0.15, 0.2) is 0 Å². The highest BCUT2D eigenvalue weighted by Crippen LogP contribution is 2.36. The predicted molar refractivity (Wildman–Crippen MR) is 108 cm³/mol. The summed E-state index contributed by atoms with van der Waals surface area (Å²) in [5.41, 5.74) is -0.216. The SMILES string of the molecule is CC1CCC2(CC1)NC(=O)N(CC(=O)Nc1ccccc1C(=O)NC(C)C)C2=O. The lowest BCUT2D eigenvalue weighted by Gasteiger charge is -2.33. The Morgan fingerprint density at radius 3 is 2.52 bits per heavy atom. The van der Waals surface area contributed by atoms with E-state index in [1.807, 2.05) is 13.8 Å². The Hall–Kier alpha value is -2.90. The van der Waals surface area contributed by atoms with Crippen LogP contribution in [0.1, 0.15) is 56.8 Å². The van der Waals surface area contributed by atoms with E-state index in [9.17, 15) is 19.2 Å². The van der Waals surface area contributed by atoms with Gasteiger partial charge in [-0.3, -0.25) is 19.3 Å². The van der Waals surface area contributed by atoms with Gasteiger partial charge >= 0.3 is 6.03 Å². The van der Waals surface area contributed by atoms with Crippen molar-refractivity contribution >= 4 is 29.4 Å². The molecule has 1 aliphatic carbocycles. The largest absolute Gasteiger partial charge is 0.350 e. The lowest BCUT2D eigenvalue weighted by Crippen LogP contribution is -2.49. The zero-order valence-corrected chi connectivity index (χ0v) is 17.1. The summed E-state index contributed by atoms with van der Waals surface area (Å²) in [6.45, 7) is 5.44. The summed E-state index contributed by atoms with van der Waals surface area (Å²) in [6, 6.07) is 6.05. The molecule has 3 N–H and O–H groups in total. The van der Waals surface area contributed by atoms with Gasteiger partial charge in [-0.1, -0.05) is 19.1 Å². The Kier molecular flexibility index (Phi) is 5.91. The van der Waals surface area contributed by atoms with E-state index in [-0.39, 0.29) is 24.4 Å². The van der Waals surface area contributed by atoms with Crippen molar-refractivity contribution in [1.82, 2.24) is 15.5 Å². The fourth-order valence-corrected chi connectivity index (χ4v) is 3.88. The molecule has 8 heteroatoms. The van der Waals surface area contributed by atoms with Crippen molar-refractivity contribution in [3.8, 4) is 0 Å². The van der Waals surface area contributed by atoms with Crippen LogP contribution in [0.3, 0.4) is 0 Å². The molecule has 1 heterocycles. The highest BCUT2D eigenvalue weighted by Gasteiger charge is 2.52. The quantitative estimate of drug-likeness (QED) is 0.659. The standard InChI is InChI=1S/C21H28N4O4/c1-13(2)22-18(27)15-6-4-5-7-16(15)23-17(26)12-25-19(28)21(24-20(25)29)10-8-14(3)9-11-21/h4-7,13-14H,8-12H2,1-3H3,(H,22,27)(H,23,26)(H,24,29). The number of carbonyl (C=O) groups excluding carboxylic acids is 4. The molecule has 3 rings (SSSR count). The van der Waals surface area contributed by atoms with E-state index in [1.165, 1.54) is 0 Å². The third kappa shape index (κ3) is 4.41. The van der Waals surface area contributed by atoms with Crippen LogP contribution in [0.15, 0.2) is 24.3 Å². The number of urea groups is 1. The Morgan fingerprint density at radius 1 is 1.21 bits per heavy atom. The van der Waals surface area contributed by atoms with Crippen LogP contribution in [0.2, 0.25) is 0 Å². The summed E-state index contributed by atoms with van der Waals surface area (Å²) in [7, 11) is 0. The number of hydrogen-bond donors (Lipinski definition) is 3. The van der Waals surface area contributed by atoms with Crippen molar-refractivity contribution in [2.45, 2.75) is 58.0 Å². The number of amides is 5. The number of hydrogen-bond acceptors (Lipinski definition) is 4. The summed E-state index contributed by atoms with van der Waals surface area (Å²) in [4.78, 5) is 51.1. The van der Waals surface area contributed by atoms with Crippen LogP contribution in [0.4, 0.5) is 10.5 Å². The summed E-state index contributed by atoms with van der Waals surface area (Å²) in [5, 5.41) is 8.24. The van der Waals surface area contributed by atoms with Crippen LogP contribution in [-0.4, -0.2) is 46.8 Å². The Balaban J connectivity index is 1.68. The lowest BCUT2D eigenvalue weighted by molar-refractivity contribution is -0.135. The Morgan fingerprint density at radius 2 is 1.86 bits per heavy atom. The van der Waals surface area contributed by atoms with Crippen molar-refractivity contribution < 1.29 is 19.2 Å². The highest BCUT2D eigenvalue weighted by atomic mass is 16.2. The molecule has 0 unspecified atom stereocenters. The van der Waals surface area contributed by atoms with E-state index in [1.54, 1.807) is 24.3 Å². The normalized spacial score (nSPS) is 24.0. The van der Waals surface area contributed by atoms with Crippen LogP contribution in [0.5, 0.6) is 0 Å². The molecular weight excluding hydrogens is 372 g/mol. The fraction of sp³-hybridized carbons (Fsp3) is 0.524. The predicted octanol–water partition coefficient (Wildman–Crippen LogP) is 2.26. The van der Waals surface area contributed by atoms with Gasteiger partial charge in [-0.05, 0) is 57.6 Å². The molecule has 0 atom stereocenters. The second-order valence-electron chi connectivity index (χ2n) is 8.31. The molecule has 1 saturated heterocycles. The molecule has 2 fully saturated rings. The van der Waals surface area contributed by atoms with Gasteiger partial charge in [-0.15, -0.1) is 0 Å². The van der Waals surface area contributed by atoms with E-state index >= 15 is 0 Å². The number of imide groups is 1. The minimum atomic E-state index is -0.876. The van der Waals surface area contributed by atoms with Gasteiger partial charge in [0.05, 0.1) is 11.3 Å². The third-order valence-corrected chi connectivity index (χ3v) is 5.54. The van der Waals surface area contributed by atoms with Gasteiger partial charge < -0.3 is 16.0 Å². The summed E-state index contributed by atoms with van der Waals surface area (Å²) >= 11 is 0. The average Bonchev–Trinajstić information content (AvgIpc) is 2.88. The van der Waals surface area contributed by atoms with Crippen LogP contribution < -0.4 is 16.0 Å². The van der Waals surface area contributed by atoms with E-state index in [0.29, 0.717) is 30.0 Å². The van der Waals surface area contributed by atoms with Crippen LogP contribution >= 0.6 is 0 Å². The zero-order chi connectivity index (χ0) is 21.2. The first kappa shape index (κ1) is 20.8. The number of para-hydroxylation sites is 1. The van der Waals surface area contributed by atoms with Gasteiger partial charge in [0.2, 0.25) is 5.91 Å².